The van der Waals surface area contributed by atoms with Crippen LogP contribution in [0.5, 0.6) is 11.5 Å². The smallest absolute Gasteiger partial charge is 0.160 e. The molecule has 3 nitrogen and oxygen atoms in total. The Kier molecular flexibility index (Phi) is 9.47. The van der Waals surface area contributed by atoms with Gasteiger partial charge >= 0.3 is 0 Å². The normalized spacial score (nSPS) is 15.2. The van der Waals surface area contributed by atoms with E-state index in [0.717, 1.165) is 80.3 Å². The predicted molar refractivity (Wildman–Crippen MR) is 290 cm³/mol. The summed E-state index contributed by atoms with van der Waals surface area (Å²) in [6.07, 6.45) is 3.85. The molecule has 334 valence electrons. The van der Waals surface area contributed by atoms with E-state index in [9.17, 15) is 0 Å². The standard InChI is InChI=1S/C68H46N2O/c1-3-21-45(22-4-1)47-25-17-28-50(43-47)66-69-61(46-23-5-2-6-24-46)39-20-40-62(70-66)49-27-18-26-48(44-49)51-30-19-38-60-65(51)52-29-7-8-31-53(52)67(60)54-32-9-11-34-56(54)68(57-35-12-10-33-55(57)67)58-36-13-15-41-63(58)71-64-42-16-14-37-59(64)68/h1-19,21-39,41-44H,20,40H2. The zero-order chi connectivity index (χ0) is 46.9. The van der Waals surface area contributed by atoms with Gasteiger partial charge in [-0.3, -0.25) is 0 Å². The van der Waals surface area contributed by atoms with Crippen molar-refractivity contribution in [3.8, 4) is 44.9 Å². The first-order valence-corrected chi connectivity index (χ1v) is 24.7. The molecule has 2 aliphatic heterocycles. The lowest BCUT2D eigenvalue weighted by Gasteiger charge is -2.51. The van der Waals surface area contributed by atoms with Crippen molar-refractivity contribution < 1.29 is 4.74 Å². The Hall–Kier alpha value is -8.92. The van der Waals surface area contributed by atoms with Crippen molar-refractivity contribution in [1.82, 2.24) is 0 Å². The average Bonchev–Trinajstić information content (AvgIpc) is 3.75. The molecule has 2 spiro atoms. The van der Waals surface area contributed by atoms with Crippen molar-refractivity contribution in [3.63, 3.8) is 0 Å². The van der Waals surface area contributed by atoms with Gasteiger partial charge < -0.3 is 4.74 Å². The number of para-hydroxylation sites is 2. The van der Waals surface area contributed by atoms with Crippen molar-refractivity contribution in [2.75, 3.05) is 0 Å². The minimum atomic E-state index is -0.617. The number of hydrogen-bond donors (Lipinski definition) is 0. The molecule has 0 fully saturated rings. The number of rotatable bonds is 5. The van der Waals surface area contributed by atoms with Gasteiger partial charge in [0.1, 0.15) is 11.5 Å². The van der Waals surface area contributed by atoms with Gasteiger partial charge in [0.25, 0.3) is 0 Å². The average molecular weight is 907 g/mol. The van der Waals surface area contributed by atoms with Gasteiger partial charge in [-0.15, -0.1) is 0 Å². The topological polar surface area (TPSA) is 34.0 Å². The van der Waals surface area contributed by atoms with Crippen LogP contribution in [0.4, 0.5) is 0 Å². The van der Waals surface area contributed by atoms with Crippen molar-refractivity contribution in [3.05, 3.63) is 316 Å². The highest BCUT2D eigenvalue weighted by Crippen LogP contribution is 2.67. The molecule has 3 heteroatoms. The third-order valence-corrected chi connectivity index (χ3v) is 15.3. The number of fused-ring (bicyclic) bond motifs is 15. The Morgan fingerprint density at radius 2 is 0.775 bits per heavy atom. The van der Waals surface area contributed by atoms with Crippen molar-refractivity contribution in [2.45, 2.75) is 23.7 Å². The first-order chi connectivity index (χ1) is 35.2. The van der Waals surface area contributed by atoms with Crippen molar-refractivity contribution in [2.24, 2.45) is 9.98 Å². The molecular weight excluding hydrogens is 861 g/mol. The summed E-state index contributed by atoms with van der Waals surface area (Å²) < 4.78 is 6.75. The second-order valence-electron chi connectivity index (χ2n) is 19.0. The van der Waals surface area contributed by atoms with Crippen LogP contribution in [0, 0.1) is 0 Å². The lowest BCUT2D eigenvalue weighted by atomic mass is 9.51. The summed E-state index contributed by atoms with van der Waals surface area (Å²) in [7, 11) is 0. The Morgan fingerprint density at radius 3 is 1.44 bits per heavy atom. The molecule has 0 unspecified atom stereocenters. The first-order valence-electron chi connectivity index (χ1n) is 24.7. The number of aliphatic imine (C=N–C) groups is 2. The molecular formula is C68H46N2O. The van der Waals surface area contributed by atoms with Gasteiger partial charge in [0.2, 0.25) is 0 Å². The van der Waals surface area contributed by atoms with Crippen molar-refractivity contribution in [1.29, 1.82) is 0 Å². The molecule has 0 N–H and O–H groups in total. The van der Waals surface area contributed by atoms with Crippen LogP contribution < -0.4 is 4.74 Å². The fraction of sp³-hybridized carbons (Fsp3) is 0.0588. The second-order valence-corrected chi connectivity index (χ2v) is 19.0. The molecule has 0 bridgehead atoms. The lowest BCUT2D eigenvalue weighted by Crippen LogP contribution is -2.45. The van der Waals surface area contributed by atoms with Crippen LogP contribution in [0.15, 0.2) is 265 Å². The fourth-order valence-corrected chi connectivity index (χ4v) is 12.5. The molecule has 4 aliphatic rings. The molecule has 0 atom stereocenters. The largest absolute Gasteiger partial charge is 0.457 e. The second kappa shape index (κ2) is 16.4. The zero-order valence-electron chi connectivity index (χ0n) is 39.0. The summed E-state index contributed by atoms with van der Waals surface area (Å²) in [6, 6.07) is 90.6. The molecule has 0 radical (unpaired) electrons. The highest BCUT2D eigenvalue weighted by molar-refractivity contribution is 6.14. The summed E-state index contributed by atoms with van der Waals surface area (Å²) in [4.78, 5) is 10.9. The van der Waals surface area contributed by atoms with Gasteiger partial charge in [0, 0.05) is 16.7 Å². The third kappa shape index (κ3) is 6.16. The predicted octanol–water partition coefficient (Wildman–Crippen LogP) is 16.3. The van der Waals surface area contributed by atoms with E-state index < -0.39 is 10.8 Å². The van der Waals surface area contributed by atoms with Gasteiger partial charge in [-0.2, -0.15) is 0 Å². The van der Waals surface area contributed by atoms with E-state index in [1.807, 2.05) is 0 Å². The van der Waals surface area contributed by atoms with Crippen LogP contribution in [-0.4, -0.2) is 11.5 Å². The monoisotopic (exact) mass is 906 g/mol. The lowest BCUT2D eigenvalue weighted by molar-refractivity contribution is 0.429. The molecule has 0 aromatic heterocycles. The van der Waals surface area contributed by atoms with Gasteiger partial charge in [-0.25, -0.2) is 9.98 Å². The molecule has 2 heterocycles. The molecule has 14 rings (SSSR count). The Bertz CT molecular complexity index is 3760. The number of allylic oxidation sites excluding steroid dienone is 1. The minimum absolute atomic E-state index is 0.605. The van der Waals surface area contributed by atoms with Crippen LogP contribution in [0.2, 0.25) is 0 Å². The number of ether oxygens (including phenoxy) is 1. The van der Waals surface area contributed by atoms with E-state index >= 15 is 0 Å². The van der Waals surface area contributed by atoms with Gasteiger partial charge in [-0.05, 0) is 115 Å². The van der Waals surface area contributed by atoms with Crippen LogP contribution in [-0.2, 0) is 10.8 Å². The molecule has 10 aromatic rings. The van der Waals surface area contributed by atoms with Gasteiger partial charge in [-0.1, -0.05) is 231 Å². The molecule has 0 saturated heterocycles. The highest BCUT2D eigenvalue weighted by atomic mass is 16.5. The summed E-state index contributed by atoms with van der Waals surface area (Å²) >= 11 is 0. The summed E-state index contributed by atoms with van der Waals surface area (Å²) in [6.45, 7) is 0. The van der Waals surface area contributed by atoms with E-state index in [2.05, 4.69) is 255 Å². The molecule has 0 amide bonds. The summed E-state index contributed by atoms with van der Waals surface area (Å²) in [5.41, 5.74) is 21.1. The minimum Gasteiger partial charge on any atom is -0.457 e. The number of benzene rings is 10. The van der Waals surface area contributed by atoms with Crippen LogP contribution in [0.3, 0.4) is 0 Å². The van der Waals surface area contributed by atoms with E-state index in [-0.39, 0.29) is 0 Å². The molecule has 0 saturated carbocycles. The first kappa shape index (κ1) is 41.1. The Labute approximate surface area is 414 Å². The quantitative estimate of drug-likeness (QED) is 0.169. The maximum Gasteiger partial charge on any atom is 0.160 e. The van der Waals surface area contributed by atoms with Crippen molar-refractivity contribution >= 4 is 17.2 Å². The fourth-order valence-electron chi connectivity index (χ4n) is 12.5. The maximum absolute atomic E-state index is 6.75. The van der Waals surface area contributed by atoms with E-state index in [1.54, 1.807) is 0 Å². The van der Waals surface area contributed by atoms with E-state index in [0.29, 0.717) is 5.84 Å². The Balaban J connectivity index is 0.955. The SMILES string of the molecule is C1=C(c2ccccc2)N=C(c2cccc(-c3ccccc3)c2)N=C(c2cccc(-c3cccc4c3-c3ccccc3C43c4ccccc4C4(c5ccccc5Oc5ccccc54)c4ccccc43)c2)CC1. The third-order valence-electron chi connectivity index (χ3n) is 15.3. The van der Waals surface area contributed by atoms with E-state index in [1.165, 1.54) is 50.1 Å². The zero-order valence-corrected chi connectivity index (χ0v) is 39.0. The summed E-state index contributed by atoms with van der Waals surface area (Å²) in [5.74, 6) is 2.49. The number of amidine groups is 1. The highest BCUT2D eigenvalue weighted by Gasteiger charge is 2.58. The van der Waals surface area contributed by atoms with Crippen LogP contribution in [0.25, 0.3) is 39.1 Å². The van der Waals surface area contributed by atoms with Gasteiger partial charge in [0.15, 0.2) is 5.84 Å². The summed E-state index contributed by atoms with van der Waals surface area (Å²) in [5, 5.41) is 0. The molecule has 2 aliphatic carbocycles. The number of nitrogens with zero attached hydrogens (tertiary/aromatic N) is 2. The molecule has 10 aromatic carbocycles. The van der Waals surface area contributed by atoms with Gasteiger partial charge in [0.05, 0.1) is 22.2 Å². The van der Waals surface area contributed by atoms with Crippen LogP contribution >= 0.6 is 0 Å². The number of hydrogen-bond acceptors (Lipinski definition) is 3. The Morgan fingerprint density at radius 1 is 0.324 bits per heavy atom. The van der Waals surface area contributed by atoms with E-state index in [4.69, 9.17) is 14.7 Å². The molecule has 71 heavy (non-hydrogen) atoms. The maximum atomic E-state index is 6.75. The van der Waals surface area contributed by atoms with Crippen LogP contribution in [0.1, 0.15) is 74.0 Å².